The fourth-order valence-corrected chi connectivity index (χ4v) is 2.32. The predicted molar refractivity (Wildman–Crippen MR) is 76.0 cm³/mol. The van der Waals surface area contributed by atoms with Crippen LogP contribution in [0.3, 0.4) is 0 Å². The number of carbonyl (C=O) groups is 1. The van der Waals surface area contributed by atoms with E-state index in [-0.39, 0.29) is 23.4 Å². The Morgan fingerprint density at radius 3 is 2.21 bits per heavy atom. The number of benzene rings is 1. The van der Waals surface area contributed by atoms with Crippen LogP contribution in [0.5, 0.6) is 0 Å². The van der Waals surface area contributed by atoms with Crippen molar-refractivity contribution in [3.63, 3.8) is 0 Å². The maximum absolute atomic E-state index is 11.9. The van der Waals surface area contributed by atoms with Gasteiger partial charge in [-0.05, 0) is 29.4 Å². The zero-order valence-electron chi connectivity index (χ0n) is 12.3. The molecule has 0 saturated heterocycles. The van der Waals surface area contributed by atoms with E-state index in [2.05, 4.69) is 0 Å². The SMILES string of the molecule is CC(C)(CO)CC(C)(C)COC(=O)c1ccccc1. The molecule has 0 spiro atoms. The Balaban J connectivity index is 2.54. The molecule has 0 amide bonds. The van der Waals surface area contributed by atoms with Crippen LogP contribution in [-0.4, -0.2) is 24.3 Å². The summed E-state index contributed by atoms with van der Waals surface area (Å²) in [5.74, 6) is -0.296. The van der Waals surface area contributed by atoms with Crippen LogP contribution in [0.4, 0.5) is 0 Å². The Hall–Kier alpha value is -1.35. The Kier molecular flexibility index (Phi) is 5.12. The van der Waals surface area contributed by atoms with Crippen molar-refractivity contribution in [1.82, 2.24) is 0 Å². The highest BCUT2D eigenvalue weighted by molar-refractivity contribution is 5.89. The zero-order chi connectivity index (χ0) is 14.5. The highest BCUT2D eigenvalue weighted by atomic mass is 16.5. The zero-order valence-corrected chi connectivity index (χ0v) is 12.3. The fourth-order valence-electron chi connectivity index (χ4n) is 2.32. The van der Waals surface area contributed by atoms with E-state index >= 15 is 0 Å². The molecule has 1 N–H and O–H groups in total. The number of hydrogen-bond acceptors (Lipinski definition) is 3. The Morgan fingerprint density at radius 2 is 1.68 bits per heavy atom. The standard InChI is InChI=1S/C16H24O3/c1-15(2,11-17)10-16(3,4)12-19-14(18)13-8-6-5-7-9-13/h5-9,17H,10-12H2,1-4H3. The minimum absolute atomic E-state index is 0.128. The van der Waals surface area contributed by atoms with Gasteiger partial charge in [0.1, 0.15) is 0 Å². The molecule has 0 fully saturated rings. The van der Waals surface area contributed by atoms with Crippen molar-refractivity contribution >= 4 is 5.97 Å². The van der Waals surface area contributed by atoms with Crippen molar-refractivity contribution in [3.05, 3.63) is 35.9 Å². The minimum Gasteiger partial charge on any atom is -0.462 e. The van der Waals surface area contributed by atoms with Crippen LogP contribution >= 0.6 is 0 Å². The van der Waals surface area contributed by atoms with Gasteiger partial charge in [0.05, 0.1) is 12.2 Å². The van der Waals surface area contributed by atoms with Gasteiger partial charge in [-0.3, -0.25) is 0 Å². The Bertz CT molecular complexity index is 407. The number of aliphatic hydroxyl groups excluding tert-OH is 1. The first-order chi connectivity index (χ1) is 8.76. The molecule has 1 aromatic rings. The molecule has 0 radical (unpaired) electrons. The van der Waals surface area contributed by atoms with Crippen LogP contribution in [0.1, 0.15) is 44.5 Å². The molecule has 106 valence electrons. The molecule has 3 heteroatoms. The molecule has 0 aliphatic carbocycles. The summed E-state index contributed by atoms with van der Waals surface area (Å²) in [6, 6.07) is 8.98. The lowest BCUT2D eigenvalue weighted by Gasteiger charge is -2.33. The van der Waals surface area contributed by atoms with Gasteiger partial charge in [-0.15, -0.1) is 0 Å². The summed E-state index contributed by atoms with van der Waals surface area (Å²) in [6.07, 6.45) is 0.790. The number of hydrogen-bond donors (Lipinski definition) is 1. The van der Waals surface area contributed by atoms with E-state index in [9.17, 15) is 9.90 Å². The van der Waals surface area contributed by atoms with Crippen LogP contribution in [0.25, 0.3) is 0 Å². The molecule has 0 bridgehead atoms. The summed E-state index contributed by atoms with van der Waals surface area (Å²) in [5.41, 5.74) is 0.249. The third-order valence-corrected chi connectivity index (χ3v) is 2.99. The molecule has 0 aromatic heterocycles. The predicted octanol–water partition coefficient (Wildman–Crippen LogP) is 3.28. The molecule has 0 aliphatic rings. The van der Waals surface area contributed by atoms with E-state index in [1.165, 1.54) is 0 Å². The molecule has 1 aromatic carbocycles. The van der Waals surface area contributed by atoms with Gasteiger partial charge in [0.2, 0.25) is 0 Å². The van der Waals surface area contributed by atoms with E-state index in [0.717, 1.165) is 6.42 Å². The summed E-state index contributed by atoms with van der Waals surface area (Å²) in [7, 11) is 0. The van der Waals surface area contributed by atoms with E-state index in [1.807, 2.05) is 45.9 Å². The number of aliphatic hydroxyl groups is 1. The van der Waals surface area contributed by atoms with Crippen LogP contribution < -0.4 is 0 Å². The van der Waals surface area contributed by atoms with E-state index in [1.54, 1.807) is 12.1 Å². The highest BCUT2D eigenvalue weighted by Crippen LogP contribution is 2.33. The second-order valence-corrected chi connectivity index (χ2v) is 6.61. The molecule has 1 rings (SSSR count). The molecule has 0 aliphatic heterocycles. The molecule has 0 heterocycles. The van der Waals surface area contributed by atoms with Crippen LogP contribution in [0, 0.1) is 10.8 Å². The summed E-state index contributed by atoms with van der Waals surface area (Å²) < 4.78 is 5.36. The summed E-state index contributed by atoms with van der Waals surface area (Å²) >= 11 is 0. The second kappa shape index (κ2) is 6.20. The maximum Gasteiger partial charge on any atom is 0.338 e. The van der Waals surface area contributed by atoms with Gasteiger partial charge >= 0.3 is 5.97 Å². The van der Waals surface area contributed by atoms with E-state index < -0.39 is 0 Å². The van der Waals surface area contributed by atoms with Gasteiger partial charge in [-0.2, -0.15) is 0 Å². The Labute approximate surface area is 115 Å². The first kappa shape index (κ1) is 15.7. The average Bonchev–Trinajstić information content (AvgIpc) is 2.36. The van der Waals surface area contributed by atoms with Crippen LogP contribution in [0.15, 0.2) is 30.3 Å². The van der Waals surface area contributed by atoms with Crippen molar-refractivity contribution in [2.45, 2.75) is 34.1 Å². The fraction of sp³-hybridized carbons (Fsp3) is 0.562. The first-order valence-electron chi connectivity index (χ1n) is 6.59. The lowest BCUT2D eigenvalue weighted by molar-refractivity contribution is 0.0189. The van der Waals surface area contributed by atoms with Crippen LogP contribution in [-0.2, 0) is 4.74 Å². The van der Waals surface area contributed by atoms with Crippen molar-refractivity contribution < 1.29 is 14.6 Å². The number of carbonyl (C=O) groups excluding carboxylic acids is 1. The number of rotatable bonds is 6. The molecule has 3 nitrogen and oxygen atoms in total. The highest BCUT2D eigenvalue weighted by Gasteiger charge is 2.29. The van der Waals surface area contributed by atoms with E-state index in [4.69, 9.17) is 4.74 Å². The lowest BCUT2D eigenvalue weighted by atomic mass is 9.76. The smallest absolute Gasteiger partial charge is 0.338 e. The molecular formula is C16H24O3. The van der Waals surface area contributed by atoms with Crippen LogP contribution in [0.2, 0.25) is 0 Å². The van der Waals surface area contributed by atoms with Gasteiger partial charge < -0.3 is 9.84 Å². The number of esters is 1. The molecular weight excluding hydrogens is 240 g/mol. The minimum atomic E-state index is -0.296. The molecule has 19 heavy (non-hydrogen) atoms. The quantitative estimate of drug-likeness (QED) is 0.802. The van der Waals surface area contributed by atoms with Crippen molar-refractivity contribution in [1.29, 1.82) is 0 Å². The van der Waals surface area contributed by atoms with Gasteiger partial charge in [0, 0.05) is 6.61 Å². The summed E-state index contributed by atoms with van der Waals surface area (Å²) in [5, 5.41) is 9.31. The summed E-state index contributed by atoms with van der Waals surface area (Å²) in [4.78, 5) is 11.9. The number of ether oxygens (including phenoxy) is 1. The maximum atomic E-state index is 11.9. The first-order valence-corrected chi connectivity index (χ1v) is 6.59. The third-order valence-electron chi connectivity index (χ3n) is 2.99. The van der Waals surface area contributed by atoms with Crippen molar-refractivity contribution in [2.75, 3.05) is 13.2 Å². The Morgan fingerprint density at radius 1 is 1.11 bits per heavy atom. The van der Waals surface area contributed by atoms with Crippen molar-refractivity contribution in [3.8, 4) is 0 Å². The van der Waals surface area contributed by atoms with Gasteiger partial charge in [0.15, 0.2) is 0 Å². The summed E-state index contributed by atoms with van der Waals surface area (Å²) in [6.45, 7) is 8.58. The lowest BCUT2D eigenvalue weighted by Crippen LogP contribution is -2.30. The topological polar surface area (TPSA) is 46.5 Å². The monoisotopic (exact) mass is 264 g/mol. The van der Waals surface area contributed by atoms with Crippen molar-refractivity contribution in [2.24, 2.45) is 10.8 Å². The third kappa shape index (κ3) is 5.43. The molecule has 0 unspecified atom stereocenters. The van der Waals surface area contributed by atoms with Gasteiger partial charge in [-0.25, -0.2) is 4.79 Å². The second-order valence-electron chi connectivity index (χ2n) is 6.61. The average molecular weight is 264 g/mol. The largest absolute Gasteiger partial charge is 0.462 e. The normalized spacial score (nSPS) is 12.3. The molecule has 0 atom stereocenters. The molecule has 0 saturated carbocycles. The van der Waals surface area contributed by atoms with Gasteiger partial charge in [-0.1, -0.05) is 45.9 Å². The van der Waals surface area contributed by atoms with Gasteiger partial charge in [0.25, 0.3) is 0 Å². The van der Waals surface area contributed by atoms with E-state index in [0.29, 0.717) is 12.2 Å².